The fourth-order valence-electron chi connectivity index (χ4n) is 4.32. The summed E-state index contributed by atoms with van der Waals surface area (Å²) in [6, 6.07) is 3.70. The Balaban J connectivity index is 2.09. The van der Waals surface area contributed by atoms with Crippen LogP contribution in [0.2, 0.25) is 0 Å². The SMILES string of the molecule is CC(C)(C)c1c(C2CC3CCC2C3)ccc(O)c1O. The molecule has 3 atom stereocenters. The van der Waals surface area contributed by atoms with Gasteiger partial charge in [0.05, 0.1) is 0 Å². The highest BCUT2D eigenvalue weighted by Gasteiger charge is 2.42. The van der Waals surface area contributed by atoms with Crippen molar-refractivity contribution in [3.05, 3.63) is 23.3 Å². The molecule has 0 spiro atoms. The molecule has 0 aliphatic heterocycles. The summed E-state index contributed by atoms with van der Waals surface area (Å²) in [4.78, 5) is 0. The van der Waals surface area contributed by atoms with Crippen LogP contribution in [-0.2, 0) is 5.41 Å². The largest absolute Gasteiger partial charge is 0.504 e. The number of fused-ring (bicyclic) bond motifs is 2. The predicted octanol–water partition coefficient (Wildman–Crippen LogP) is 4.30. The third kappa shape index (κ3) is 2.01. The van der Waals surface area contributed by atoms with Gasteiger partial charge in [-0.3, -0.25) is 0 Å². The molecule has 0 radical (unpaired) electrons. The Morgan fingerprint density at radius 3 is 2.32 bits per heavy atom. The fourth-order valence-corrected chi connectivity index (χ4v) is 4.32. The van der Waals surface area contributed by atoms with E-state index in [0.717, 1.165) is 17.4 Å². The number of hydrogen-bond donors (Lipinski definition) is 2. The number of benzene rings is 1. The van der Waals surface area contributed by atoms with Gasteiger partial charge in [0.2, 0.25) is 0 Å². The molecule has 0 saturated heterocycles. The molecule has 1 aromatic rings. The molecule has 2 nitrogen and oxygen atoms in total. The summed E-state index contributed by atoms with van der Waals surface area (Å²) in [6.45, 7) is 6.33. The van der Waals surface area contributed by atoms with Crippen LogP contribution in [0.1, 0.15) is 63.5 Å². The summed E-state index contributed by atoms with van der Waals surface area (Å²) in [6.07, 6.45) is 5.34. The van der Waals surface area contributed by atoms with E-state index < -0.39 is 0 Å². The number of hydrogen-bond acceptors (Lipinski definition) is 2. The highest BCUT2D eigenvalue weighted by Crippen LogP contribution is 2.55. The molecule has 2 bridgehead atoms. The zero-order chi connectivity index (χ0) is 13.8. The highest BCUT2D eigenvalue weighted by molar-refractivity contribution is 5.53. The van der Waals surface area contributed by atoms with Gasteiger partial charge >= 0.3 is 0 Å². The van der Waals surface area contributed by atoms with Crippen molar-refractivity contribution in [3.63, 3.8) is 0 Å². The molecule has 0 amide bonds. The topological polar surface area (TPSA) is 40.5 Å². The summed E-state index contributed by atoms with van der Waals surface area (Å²) in [5.41, 5.74) is 2.08. The van der Waals surface area contributed by atoms with E-state index in [2.05, 4.69) is 20.8 Å². The first-order chi connectivity index (χ1) is 8.88. The molecule has 2 saturated carbocycles. The van der Waals surface area contributed by atoms with Gasteiger partial charge in [0.25, 0.3) is 0 Å². The van der Waals surface area contributed by atoms with Crippen LogP contribution in [0.4, 0.5) is 0 Å². The molecule has 3 rings (SSSR count). The third-order valence-corrected chi connectivity index (χ3v) is 5.08. The Morgan fingerprint density at radius 2 is 1.79 bits per heavy atom. The van der Waals surface area contributed by atoms with Crippen molar-refractivity contribution >= 4 is 0 Å². The molecule has 3 unspecified atom stereocenters. The van der Waals surface area contributed by atoms with E-state index in [1.54, 1.807) is 6.07 Å². The Kier molecular flexibility index (Phi) is 2.81. The van der Waals surface area contributed by atoms with Gasteiger partial charge < -0.3 is 10.2 Å². The van der Waals surface area contributed by atoms with Crippen LogP contribution in [-0.4, -0.2) is 10.2 Å². The van der Waals surface area contributed by atoms with Crippen molar-refractivity contribution in [1.82, 2.24) is 0 Å². The molecule has 104 valence electrons. The van der Waals surface area contributed by atoms with E-state index in [1.165, 1.54) is 31.2 Å². The average molecular weight is 260 g/mol. The van der Waals surface area contributed by atoms with Gasteiger partial charge in [0.1, 0.15) is 0 Å². The molecule has 0 heterocycles. The molecule has 2 aliphatic rings. The lowest BCUT2D eigenvalue weighted by Crippen LogP contribution is -2.19. The first-order valence-electron chi connectivity index (χ1n) is 7.43. The minimum absolute atomic E-state index is 0.0110. The summed E-state index contributed by atoms with van der Waals surface area (Å²) in [5.74, 6) is 2.36. The maximum atomic E-state index is 10.3. The Morgan fingerprint density at radius 1 is 1.05 bits per heavy atom. The van der Waals surface area contributed by atoms with E-state index in [-0.39, 0.29) is 16.9 Å². The smallest absolute Gasteiger partial charge is 0.161 e. The summed E-state index contributed by atoms with van der Waals surface area (Å²) in [5, 5.41) is 20.1. The van der Waals surface area contributed by atoms with Crippen molar-refractivity contribution in [3.8, 4) is 11.5 Å². The molecular weight excluding hydrogens is 236 g/mol. The van der Waals surface area contributed by atoms with Crippen molar-refractivity contribution in [2.75, 3.05) is 0 Å². The van der Waals surface area contributed by atoms with Gasteiger partial charge in [-0.25, -0.2) is 0 Å². The number of phenolic OH excluding ortho intramolecular Hbond substituents is 2. The van der Waals surface area contributed by atoms with Crippen molar-refractivity contribution in [1.29, 1.82) is 0 Å². The maximum Gasteiger partial charge on any atom is 0.161 e. The van der Waals surface area contributed by atoms with E-state index in [9.17, 15) is 10.2 Å². The number of phenols is 2. The Bertz CT molecular complexity index is 499. The molecule has 2 aliphatic carbocycles. The lowest BCUT2D eigenvalue weighted by molar-refractivity contribution is 0.376. The fraction of sp³-hybridized carbons (Fsp3) is 0.647. The quantitative estimate of drug-likeness (QED) is 0.739. The second kappa shape index (κ2) is 4.16. The minimum atomic E-state index is -0.139. The van der Waals surface area contributed by atoms with Crippen LogP contribution >= 0.6 is 0 Å². The molecule has 2 fully saturated rings. The van der Waals surface area contributed by atoms with Crippen LogP contribution in [0.15, 0.2) is 12.1 Å². The van der Waals surface area contributed by atoms with E-state index >= 15 is 0 Å². The minimum Gasteiger partial charge on any atom is -0.504 e. The monoisotopic (exact) mass is 260 g/mol. The van der Waals surface area contributed by atoms with Gasteiger partial charge in [-0.2, -0.15) is 0 Å². The molecule has 0 aromatic heterocycles. The van der Waals surface area contributed by atoms with Gasteiger partial charge in [0, 0.05) is 5.56 Å². The van der Waals surface area contributed by atoms with Crippen LogP contribution in [0.25, 0.3) is 0 Å². The second-order valence-electron chi connectivity index (χ2n) is 7.43. The highest BCUT2D eigenvalue weighted by atomic mass is 16.3. The lowest BCUT2D eigenvalue weighted by Gasteiger charge is -2.30. The summed E-state index contributed by atoms with van der Waals surface area (Å²) >= 11 is 0. The molecule has 2 heteroatoms. The molecular formula is C17H24O2. The van der Waals surface area contributed by atoms with Crippen LogP contribution in [0, 0.1) is 11.8 Å². The standard InChI is InChI=1S/C17H24O2/c1-17(2,3)15-12(6-7-14(18)16(15)19)13-9-10-4-5-11(13)8-10/h6-7,10-11,13,18-19H,4-5,8-9H2,1-3H3. The first-order valence-corrected chi connectivity index (χ1v) is 7.43. The van der Waals surface area contributed by atoms with Crippen molar-refractivity contribution in [2.45, 2.75) is 57.8 Å². The Hall–Kier alpha value is -1.18. The zero-order valence-electron chi connectivity index (χ0n) is 12.1. The average Bonchev–Trinajstić information content (AvgIpc) is 2.92. The van der Waals surface area contributed by atoms with Crippen molar-refractivity contribution < 1.29 is 10.2 Å². The predicted molar refractivity (Wildman–Crippen MR) is 76.7 cm³/mol. The lowest BCUT2D eigenvalue weighted by atomic mass is 9.74. The van der Waals surface area contributed by atoms with Gasteiger partial charge in [0.15, 0.2) is 11.5 Å². The summed E-state index contributed by atoms with van der Waals surface area (Å²) < 4.78 is 0. The normalized spacial score (nSPS) is 29.9. The summed E-state index contributed by atoms with van der Waals surface area (Å²) in [7, 11) is 0. The van der Waals surface area contributed by atoms with Crippen molar-refractivity contribution in [2.24, 2.45) is 11.8 Å². The van der Waals surface area contributed by atoms with Gasteiger partial charge in [-0.1, -0.05) is 33.3 Å². The van der Waals surface area contributed by atoms with Crippen LogP contribution in [0.3, 0.4) is 0 Å². The third-order valence-electron chi connectivity index (χ3n) is 5.08. The maximum absolute atomic E-state index is 10.3. The van der Waals surface area contributed by atoms with E-state index in [4.69, 9.17) is 0 Å². The van der Waals surface area contributed by atoms with E-state index in [1.807, 2.05) is 6.07 Å². The van der Waals surface area contributed by atoms with Crippen LogP contribution < -0.4 is 0 Å². The van der Waals surface area contributed by atoms with Gasteiger partial charge in [-0.05, 0) is 54.1 Å². The van der Waals surface area contributed by atoms with Gasteiger partial charge in [-0.15, -0.1) is 0 Å². The van der Waals surface area contributed by atoms with E-state index in [0.29, 0.717) is 5.92 Å². The number of aromatic hydroxyl groups is 2. The molecule has 19 heavy (non-hydrogen) atoms. The molecule has 1 aromatic carbocycles. The second-order valence-corrected chi connectivity index (χ2v) is 7.43. The molecule has 2 N–H and O–H groups in total. The number of rotatable bonds is 1. The zero-order valence-corrected chi connectivity index (χ0v) is 12.1. The first kappa shape index (κ1) is 12.8. The Labute approximate surface area is 115 Å². The van der Waals surface area contributed by atoms with Crippen LogP contribution in [0.5, 0.6) is 11.5 Å².